The predicted molar refractivity (Wildman–Crippen MR) is 53.4 cm³/mol. The number of aryl methyl sites for hydroxylation is 1. The summed E-state index contributed by atoms with van der Waals surface area (Å²) in [5.41, 5.74) is 0. The third kappa shape index (κ3) is 2.22. The first-order valence-corrected chi connectivity index (χ1v) is 5.62. The summed E-state index contributed by atoms with van der Waals surface area (Å²) in [5, 5.41) is 6.24. The Kier molecular flexibility index (Phi) is 2.53. The number of rotatable bonds is 2. The van der Waals surface area contributed by atoms with Gasteiger partial charge in [-0.3, -0.25) is 5.10 Å². The van der Waals surface area contributed by atoms with Crippen LogP contribution in [0, 0.1) is 6.92 Å². The van der Waals surface area contributed by atoms with Gasteiger partial charge in [-0.25, -0.2) is 13.1 Å². The van der Waals surface area contributed by atoms with E-state index in [0.717, 1.165) is 0 Å². The quantitative estimate of drug-likeness (QED) is 0.763. The fourth-order valence-corrected chi connectivity index (χ4v) is 1.30. The number of aromatic amines is 1. The van der Waals surface area contributed by atoms with E-state index in [4.69, 9.17) is 0 Å². The molecular formula is C7H14N4O2S. The molecule has 1 aromatic rings. The second kappa shape index (κ2) is 3.23. The molecule has 1 aromatic heterocycles. The van der Waals surface area contributed by atoms with Crippen LogP contribution in [0.25, 0.3) is 0 Å². The summed E-state index contributed by atoms with van der Waals surface area (Å²) >= 11 is 0. The van der Waals surface area contributed by atoms with Crippen molar-refractivity contribution in [1.29, 1.82) is 0 Å². The summed E-state index contributed by atoms with van der Waals surface area (Å²) in [6.45, 7) is 6.51. The zero-order valence-electron chi connectivity index (χ0n) is 8.62. The van der Waals surface area contributed by atoms with E-state index in [2.05, 4.69) is 19.9 Å². The van der Waals surface area contributed by atoms with Gasteiger partial charge in [-0.15, -0.1) is 5.10 Å². The summed E-state index contributed by atoms with van der Waals surface area (Å²) in [7, 11) is -3.43. The molecular weight excluding hydrogens is 204 g/mol. The molecule has 0 bridgehead atoms. The Morgan fingerprint density at radius 3 is 2.29 bits per heavy atom. The normalized spacial score (nSPS) is 12.9. The van der Waals surface area contributed by atoms with Crippen LogP contribution < -0.4 is 4.72 Å². The van der Waals surface area contributed by atoms with Gasteiger partial charge in [0.1, 0.15) is 5.82 Å². The van der Waals surface area contributed by atoms with Gasteiger partial charge in [0.25, 0.3) is 5.95 Å². The van der Waals surface area contributed by atoms with Crippen LogP contribution in [-0.4, -0.2) is 28.3 Å². The van der Waals surface area contributed by atoms with Crippen LogP contribution in [0.1, 0.15) is 26.6 Å². The van der Waals surface area contributed by atoms with E-state index in [-0.39, 0.29) is 5.95 Å². The molecule has 0 fully saturated rings. The van der Waals surface area contributed by atoms with Crippen LogP contribution in [0.5, 0.6) is 0 Å². The van der Waals surface area contributed by atoms with Crippen LogP contribution in [0.3, 0.4) is 0 Å². The van der Waals surface area contributed by atoms with Crippen molar-refractivity contribution in [3.05, 3.63) is 5.82 Å². The minimum Gasteiger partial charge on any atom is -0.261 e. The Labute approximate surface area is 83.2 Å². The molecule has 0 unspecified atom stereocenters. The van der Waals surface area contributed by atoms with E-state index in [0.29, 0.717) is 5.82 Å². The number of hydrogen-bond donors (Lipinski definition) is 2. The van der Waals surface area contributed by atoms with Gasteiger partial charge in [0, 0.05) is 0 Å². The number of nitrogens with zero attached hydrogens (tertiary/aromatic N) is 2. The Bertz CT molecular complexity index is 415. The molecule has 7 heteroatoms. The van der Waals surface area contributed by atoms with Gasteiger partial charge in [0.15, 0.2) is 0 Å². The van der Waals surface area contributed by atoms with E-state index >= 15 is 0 Å². The average Bonchev–Trinajstić information content (AvgIpc) is 2.31. The molecule has 0 saturated carbocycles. The summed E-state index contributed by atoms with van der Waals surface area (Å²) in [6, 6.07) is 0. The van der Waals surface area contributed by atoms with E-state index in [9.17, 15) is 8.42 Å². The largest absolute Gasteiger partial charge is 0.261 e. The molecule has 0 atom stereocenters. The van der Waals surface area contributed by atoms with Gasteiger partial charge in [-0.05, 0) is 27.7 Å². The zero-order valence-corrected chi connectivity index (χ0v) is 9.44. The van der Waals surface area contributed by atoms with Crippen molar-refractivity contribution in [2.45, 2.75) is 32.4 Å². The highest BCUT2D eigenvalue weighted by Gasteiger charge is 2.29. The maximum Gasteiger partial charge on any atom is 0.255 e. The van der Waals surface area contributed by atoms with Gasteiger partial charge in [-0.1, -0.05) is 0 Å². The van der Waals surface area contributed by atoms with Crippen LogP contribution >= 0.6 is 0 Å². The van der Waals surface area contributed by atoms with Crippen molar-refractivity contribution >= 4 is 16.0 Å². The van der Waals surface area contributed by atoms with Crippen molar-refractivity contribution in [3.8, 4) is 0 Å². The van der Waals surface area contributed by atoms with Gasteiger partial charge >= 0.3 is 0 Å². The SMILES string of the molecule is Cc1nc(NS(=O)(=O)C(C)(C)C)n[nH]1. The maximum absolute atomic E-state index is 11.6. The van der Waals surface area contributed by atoms with Crippen molar-refractivity contribution in [3.63, 3.8) is 0 Å². The highest BCUT2D eigenvalue weighted by atomic mass is 32.2. The average molecular weight is 218 g/mol. The standard InChI is InChI=1S/C7H14N4O2S/c1-5-8-6(10-9-5)11-14(12,13)7(2,3)4/h1-4H3,(H2,8,9,10,11). The summed E-state index contributed by atoms with van der Waals surface area (Å²) < 4.78 is 24.7. The van der Waals surface area contributed by atoms with E-state index < -0.39 is 14.8 Å². The lowest BCUT2D eigenvalue weighted by atomic mass is 10.3. The van der Waals surface area contributed by atoms with Crippen LogP contribution in [-0.2, 0) is 10.0 Å². The molecule has 2 N–H and O–H groups in total. The smallest absolute Gasteiger partial charge is 0.255 e. The summed E-state index contributed by atoms with van der Waals surface area (Å²) in [5.74, 6) is 0.647. The summed E-state index contributed by atoms with van der Waals surface area (Å²) in [6.07, 6.45) is 0. The van der Waals surface area contributed by atoms with Gasteiger partial charge < -0.3 is 0 Å². The molecule has 14 heavy (non-hydrogen) atoms. The number of hydrogen-bond acceptors (Lipinski definition) is 4. The molecule has 0 aliphatic carbocycles. The first-order chi connectivity index (χ1) is 6.22. The molecule has 80 valence electrons. The molecule has 0 saturated heterocycles. The van der Waals surface area contributed by atoms with Crippen molar-refractivity contribution < 1.29 is 8.42 Å². The first kappa shape index (κ1) is 11.0. The minimum absolute atomic E-state index is 0.0809. The van der Waals surface area contributed by atoms with Crippen LogP contribution in [0.2, 0.25) is 0 Å². The molecule has 0 aliphatic rings. The Balaban J connectivity index is 2.90. The monoisotopic (exact) mass is 218 g/mol. The molecule has 0 spiro atoms. The van der Waals surface area contributed by atoms with Crippen LogP contribution in [0.4, 0.5) is 5.95 Å². The second-order valence-electron chi connectivity index (χ2n) is 3.96. The van der Waals surface area contributed by atoms with Crippen molar-refractivity contribution in [1.82, 2.24) is 15.2 Å². The number of sulfonamides is 1. The van der Waals surface area contributed by atoms with Gasteiger partial charge in [0.05, 0.1) is 4.75 Å². The van der Waals surface area contributed by atoms with Crippen LogP contribution in [0.15, 0.2) is 0 Å². The fourth-order valence-electron chi connectivity index (χ4n) is 0.662. The molecule has 0 aromatic carbocycles. The first-order valence-electron chi connectivity index (χ1n) is 4.14. The zero-order chi connectivity index (χ0) is 11.0. The number of H-pyrrole nitrogens is 1. The Morgan fingerprint density at radius 2 is 1.93 bits per heavy atom. The summed E-state index contributed by atoms with van der Waals surface area (Å²) in [4.78, 5) is 3.85. The van der Waals surface area contributed by atoms with E-state index in [1.165, 1.54) is 0 Å². The highest BCUT2D eigenvalue weighted by molar-refractivity contribution is 7.94. The minimum atomic E-state index is -3.43. The molecule has 1 heterocycles. The predicted octanol–water partition coefficient (Wildman–Crippen LogP) is 0.653. The molecule has 0 amide bonds. The third-order valence-corrected chi connectivity index (χ3v) is 3.69. The van der Waals surface area contributed by atoms with E-state index in [1.54, 1.807) is 27.7 Å². The Morgan fingerprint density at radius 1 is 1.36 bits per heavy atom. The lowest BCUT2D eigenvalue weighted by Crippen LogP contribution is -2.34. The van der Waals surface area contributed by atoms with Crippen molar-refractivity contribution in [2.24, 2.45) is 0 Å². The lowest BCUT2D eigenvalue weighted by Gasteiger charge is -2.18. The number of anilines is 1. The third-order valence-electron chi connectivity index (χ3n) is 1.63. The topological polar surface area (TPSA) is 87.7 Å². The molecule has 0 radical (unpaired) electrons. The number of aromatic nitrogens is 3. The molecule has 0 aliphatic heterocycles. The molecule has 6 nitrogen and oxygen atoms in total. The maximum atomic E-state index is 11.6. The van der Waals surface area contributed by atoms with E-state index in [1.807, 2.05) is 0 Å². The van der Waals surface area contributed by atoms with Gasteiger partial charge in [-0.2, -0.15) is 4.98 Å². The number of nitrogens with one attached hydrogen (secondary N) is 2. The highest BCUT2D eigenvalue weighted by Crippen LogP contribution is 2.16. The molecule has 1 rings (SSSR count). The van der Waals surface area contributed by atoms with Gasteiger partial charge in [0.2, 0.25) is 10.0 Å². The second-order valence-corrected chi connectivity index (χ2v) is 6.40. The Hall–Kier alpha value is -1.11. The fraction of sp³-hybridized carbons (Fsp3) is 0.714. The lowest BCUT2D eigenvalue weighted by molar-refractivity contribution is 0.565. The van der Waals surface area contributed by atoms with Crippen molar-refractivity contribution in [2.75, 3.05) is 4.72 Å².